The van der Waals surface area contributed by atoms with Crippen molar-refractivity contribution in [2.24, 2.45) is 0 Å². The summed E-state index contributed by atoms with van der Waals surface area (Å²) in [5, 5.41) is 3.41. The summed E-state index contributed by atoms with van der Waals surface area (Å²) >= 11 is 0. The molecular weight excluding hydrogens is 210 g/mol. The maximum atomic E-state index is 5.51. The Hall–Kier alpha value is -1.28. The van der Waals surface area contributed by atoms with Gasteiger partial charge in [0, 0.05) is 12.1 Å². The van der Waals surface area contributed by atoms with E-state index in [0.29, 0.717) is 6.61 Å². The van der Waals surface area contributed by atoms with Gasteiger partial charge in [0.2, 0.25) is 0 Å². The van der Waals surface area contributed by atoms with Gasteiger partial charge < -0.3 is 10.1 Å². The van der Waals surface area contributed by atoms with Crippen molar-refractivity contribution in [1.29, 1.82) is 0 Å². The van der Waals surface area contributed by atoms with E-state index < -0.39 is 0 Å². The molecule has 0 radical (unpaired) electrons. The second-order valence-corrected chi connectivity index (χ2v) is 4.19. The third-order valence-electron chi connectivity index (χ3n) is 2.63. The van der Waals surface area contributed by atoms with E-state index in [0.717, 1.165) is 30.8 Å². The maximum Gasteiger partial charge on any atom is 0.119 e. The third-order valence-corrected chi connectivity index (χ3v) is 2.63. The fourth-order valence-corrected chi connectivity index (χ4v) is 1.76. The van der Waals surface area contributed by atoms with Crippen LogP contribution in [0.2, 0.25) is 0 Å². The lowest BCUT2D eigenvalue weighted by Gasteiger charge is -2.14. The van der Waals surface area contributed by atoms with E-state index in [1.807, 2.05) is 6.92 Å². The Balaban J connectivity index is 2.83. The van der Waals surface area contributed by atoms with Gasteiger partial charge in [0.25, 0.3) is 0 Å². The van der Waals surface area contributed by atoms with Crippen molar-refractivity contribution in [3.05, 3.63) is 41.5 Å². The van der Waals surface area contributed by atoms with E-state index in [2.05, 4.69) is 43.9 Å². The Bertz CT molecular complexity index is 371. The lowest BCUT2D eigenvalue weighted by molar-refractivity contribution is 0.298. The molecule has 2 heteroatoms. The van der Waals surface area contributed by atoms with Crippen molar-refractivity contribution < 1.29 is 4.74 Å². The van der Waals surface area contributed by atoms with Gasteiger partial charge in [-0.15, -0.1) is 0 Å². The number of nitrogens with one attached hydrogen (secondary N) is 1. The van der Waals surface area contributed by atoms with E-state index in [1.165, 1.54) is 11.1 Å². The molecule has 94 valence electrons. The van der Waals surface area contributed by atoms with Crippen molar-refractivity contribution in [2.45, 2.75) is 33.7 Å². The van der Waals surface area contributed by atoms with Crippen LogP contribution >= 0.6 is 0 Å². The average Bonchev–Trinajstić information content (AvgIpc) is 2.31. The molecule has 0 atom stereocenters. The summed E-state index contributed by atoms with van der Waals surface area (Å²) in [7, 11) is 0. The van der Waals surface area contributed by atoms with Gasteiger partial charge in [0.15, 0.2) is 0 Å². The van der Waals surface area contributed by atoms with Gasteiger partial charge in [0.1, 0.15) is 5.76 Å². The molecule has 1 aromatic rings. The highest BCUT2D eigenvalue weighted by molar-refractivity contribution is 5.61. The second kappa shape index (κ2) is 7.13. The zero-order valence-corrected chi connectivity index (χ0v) is 11.2. The van der Waals surface area contributed by atoms with Gasteiger partial charge in [-0.05, 0) is 38.4 Å². The van der Waals surface area contributed by atoms with Gasteiger partial charge in [-0.2, -0.15) is 0 Å². The molecule has 0 aliphatic heterocycles. The third kappa shape index (κ3) is 4.23. The zero-order valence-electron chi connectivity index (χ0n) is 11.2. The normalized spacial score (nSPS) is 10.3. The summed E-state index contributed by atoms with van der Waals surface area (Å²) in [6, 6.07) is 6.42. The lowest BCUT2D eigenvalue weighted by Crippen LogP contribution is -2.15. The van der Waals surface area contributed by atoms with Crippen molar-refractivity contribution in [2.75, 3.05) is 13.2 Å². The molecule has 2 nitrogen and oxygen atoms in total. The molecule has 0 saturated carbocycles. The summed E-state index contributed by atoms with van der Waals surface area (Å²) in [6.45, 7) is 12.8. The Morgan fingerprint density at radius 1 is 1.35 bits per heavy atom. The first-order valence-electron chi connectivity index (χ1n) is 6.31. The number of benzene rings is 1. The van der Waals surface area contributed by atoms with E-state index in [9.17, 15) is 0 Å². The highest BCUT2D eigenvalue weighted by atomic mass is 16.5. The van der Waals surface area contributed by atoms with Crippen LogP contribution in [0.3, 0.4) is 0 Å². The van der Waals surface area contributed by atoms with E-state index >= 15 is 0 Å². The first-order valence-corrected chi connectivity index (χ1v) is 6.31. The van der Waals surface area contributed by atoms with Gasteiger partial charge in [-0.25, -0.2) is 0 Å². The average molecular weight is 233 g/mol. The molecule has 0 aromatic heterocycles. The van der Waals surface area contributed by atoms with E-state index in [1.54, 1.807) is 0 Å². The molecule has 0 aliphatic rings. The summed E-state index contributed by atoms with van der Waals surface area (Å²) in [4.78, 5) is 0. The molecule has 0 bridgehead atoms. The van der Waals surface area contributed by atoms with Crippen molar-refractivity contribution in [3.63, 3.8) is 0 Å². The minimum atomic E-state index is 0.661. The van der Waals surface area contributed by atoms with Crippen LogP contribution < -0.4 is 5.32 Å². The SMILES string of the molecule is C=C(OCC)c1cc(C)ccc1CNCCC. The number of hydrogen-bond donors (Lipinski definition) is 1. The fraction of sp³-hybridized carbons (Fsp3) is 0.467. The quantitative estimate of drug-likeness (QED) is 0.575. The number of rotatable bonds is 7. The Morgan fingerprint density at radius 3 is 2.76 bits per heavy atom. The first kappa shape index (κ1) is 13.8. The molecule has 0 spiro atoms. The van der Waals surface area contributed by atoms with Crippen LogP contribution in [-0.4, -0.2) is 13.2 Å². The number of ether oxygens (including phenoxy) is 1. The summed E-state index contributed by atoms with van der Waals surface area (Å²) in [6.07, 6.45) is 1.15. The van der Waals surface area contributed by atoms with Crippen molar-refractivity contribution in [3.8, 4) is 0 Å². The predicted octanol–water partition coefficient (Wildman–Crippen LogP) is 3.50. The number of aryl methyl sites for hydroxylation is 1. The Labute approximate surface area is 105 Å². The largest absolute Gasteiger partial charge is 0.494 e. The molecule has 1 N–H and O–H groups in total. The predicted molar refractivity (Wildman–Crippen MR) is 73.8 cm³/mol. The smallest absolute Gasteiger partial charge is 0.119 e. The molecule has 0 unspecified atom stereocenters. The fourth-order valence-electron chi connectivity index (χ4n) is 1.76. The maximum absolute atomic E-state index is 5.51. The first-order chi connectivity index (χ1) is 8.19. The van der Waals surface area contributed by atoms with Crippen LogP contribution in [0.25, 0.3) is 5.76 Å². The molecule has 0 amide bonds. The van der Waals surface area contributed by atoms with Crippen LogP contribution in [0.5, 0.6) is 0 Å². The minimum Gasteiger partial charge on any atom is -0.494 e. The highest BCUT2D eigenvalue weighted by Crippen LogP contribution is 2.20. The van der Waals surface area contributed by atoms with Crippen LogP contribution in [0.4, 0.5) is 0 Å². The molecule has 1 rings (SSSR count). The standard InChI is InChI=1S/C15H23NO/c1-5-9-16-11-14-8-7-12(3)10-15(14)13(4)17-6-2/h7-8,10,16H,4-6,9,11H2,1-3H3. The zero-order chi connectivity index (χ0) is 12.7. The molecule has 0 saturated heterocycles. The topological polar surface area (TPSA) is 21.3 Å². The van der Waals surface area contributed by atoms with E-state index in [-0.39, 0.29) is 0 Å². The van der Waals surface area contributed by atoms with Crippen LogP contribution in [-0.2, 0) is 11.3 Å². The van der Waals surface area contributed by atoms with Gasteiger partial charge in [0.05, 0.1) is 6.61 Å². The van der Waals surface area contributed by atoms with Crippen LogP contribution in [0, 0.1) is 6.92 Å². The van der Waals surface area contributed by atoms with Crippen molar-refractivity contribution in [1.82, 2.24) is 5.32 Å². The van der Waals surface area contributed by atoms with Crippen molar-refractivity contribution >= 4 is 5.76 Å². The summed E-state index contributed by atoms with van der Waals surface area (Å²) in [5.41, 5.74) is 3.61. The number of hydrogen-bond acceptors (Lipinski definition) is 2. The minimum absolute atomic E-state index is 0.661. The van der Waals surface area contributed by atoms with Crippen LogP contribution in [0.15, 0.2) is 24.8 Å². The summed E-state index contributed by atoms with van der Waals surface area (Å²) < 4.78 is 5.51. The molecule has 0 aliphatic carbocycles. The second-order valence-electron chi connectivity index (χ2n) is 4.19. The van der Waals surface area contributed by atoms with Gasteiger partial charge >= 0.3 is 0 Å². The molecule has 0 heterocycles. The lowest BCUT2D eigenvalue weighted by atomic mass is 10.0. The molecule has 17 heavy (non-hydrogen) atoms. The highest BCUT2D eigenvalue weighted by Gasteiger charge is 2.06. The van der Waals surface area contributed by atoms with Crippen LogP contribution in [0.1, 0.15) is 37.0 Å². The molecular formula is C15H23NO. The molecule has 0 fully saturated rings. The Morgan fingerprint density at radius 2 is 2.12 bits per heavy atom. The van der Waals surface area contributed by atoms with Gasteiger partial charge in [-0.1, -0.05) is 31.2 Å². The van der Waals surface area contributed by atoms with Gasteiger partial charge in [-0.3, -0.25) is 0 Å². The molecule has 1 aromatic carbocycles. The van der Waals surface area contributed by atoms with E-state index in [4.69, 9.17) is 4.74 Å². The summed E-state index contributed by atoms with van der Waals surface area (Å²) in [5.74, 6) is 0.768. The monoisotopic (exact) mass is 233 g/mol. The Kier molecular flexibility index (Phi) is 5.78.